The van der Waals surface area contributed by atoms with E-state index >= 15 is 0 Å². The third kappa shape index (κ3) is 5.75. The first-order valence-electron chi connectivity index (χ1n) is 7.55. The number of methoxy groups -OCH3 is 1. The quantitative estimate of drug-likeness (QED) is 0.774. The molecule has 126 valence electrons. The molecule has 0 fully saturated rings. The summed E-state index contributed by atoms with van der Waals surface area (Å²) in [5, 5.41) is 0. The van der Waals surface area contributed by atoms with Gasteiger partial charge in [-0.05, 0) is 42.6 Å². The molecule has 0 aliphatic carbocycles. The first-order valence-corrected chi connectivity index (χ1v) is 7.55. The van der Waals surface area contributed by atoms with Crippen LogP contribution in [0.3, 0.4) is 0 Å². The second-order valence-corrected chi connectivity index (χ2v) is 5.22. The molecule has 0 aliphatic rings. The normalized spacial score (nSPS) is 11.4. The third-order valence-electron chi connectivity index (χ3n) is 3.57. The smallest absolute Gasteiger partial charge is 0.161 e. The topological polar surface area (TPSA) is 70.5 Å². The molecule has 0 radical (unpaired) electrons. The molecule has 1 atom stereocenters. The fraction of sp³-hybridized carbons (Fsp3) is 0.333. The molecule has 0 unspecified atom stereocenters. The Labute approximate surface area is 144 Å². The maximum Gasteiger partial charge on any atom is 0.161 e. The van der Waals surface area contributed by atoms with Crippen LogP contribution in [0.15, 0.2) is 48.5 Å². The lowest BCUT2D eigenvalue weighted by atomic mass is 10.0. The van der Waals surface area contributed by atoms with E-state index in [2.05, 4.69) is 0 Å². The van der Waals surface area contributed by atoms with Crippen molar-refractivity contribution in [2.75, 3.05) is 13.7 Å². The summed E-state index contributed by atoms with van der Waals surface area (Å²) in [6.07, 6.45) is 1.78. The van der Waals surface area contributed by atoms with Crippen LogP contribution in [0.2, 0.25) is 0 Å². The van der Waals surface area contributed by atoms with E-state index in [1.165, 1.54) is 0 Å². The highest BCUT2D eigenvalue weighted by atomic mass is 35.5. The Morgan fingerprint density at radius 3 is 2.43 bits per heavy atom. The molecule has 0 aliphatic heterocycles. The van der Waals surface area contributed by atoms with Gasteiger partial charge in [-0.15, -0.1) is 12.4 Å². The van der Waals surface area contributed by atoms with Crippen LogP contribution in [-0.4, -0.2) is 13.7 Å². The minimum absolute atomic E-state index is 0. The van der Waals surface area contributed by atoms with Gasteiger partial charge in [0.05, 0.1) is 7.11 Å². The van der Waals surface area contributed by atoms with Crippen LogP contribution in [0.1, 0.15) is 30.0 Å². The van der Waals surface area contributed by atoms with E-state index in [0.29, 0.717) is 18.9 Å². The van der Waals surface area contributed by atoms with Crippen LogP contribution >= 0.6 is 12.4 Å². The summed E-state index contributed by atoms with van der Waals surface area (Å²) < 4.78 is 11.3. The summed E-state index contributed by atoms with van der Waals surface area (Å²) in [6, 6.07) is 15.9. The fourth-order valence-electron chi connectivity index (χ4n) is 2.27. The van der Waals surface area contributed by atoms with Gasteiger partial charge in [-0.2, -0.15) is 0 Å². The number of ether oxygens (including phenoxy) is 2. The Kier molecular flexibility index (Phi) is 8.48. The van der Waals surface area contributed by atoms with Crippen molar-refractivity contribution < 1.29 is 9.47 Å². The predicted molar refractivity (Wildman–Crippen MR) is 96.2 cm³/mol. The van der Waals surface area contributed by atoms with Gasteiger partial charge < -0.3 is 20.9 Å². The van der Waals surface area contributed by atoms with Crippen LogP contribution in [-0.2, 0) is 6.61 Å². The molecule has 0 spiro atoms. The second-order valence-electron chi connectivity index (χ2n) is 5.22. The number of rotatable bonds is 8. The fourth-order valence-corrected chi connectivity index (χ4v) is 2.27. The zero-order valence-electron chi connectivity index (χ0n) is 13.4. The Morgan fingerprint density at radius 1 is 1.04 bits per heavy atom. The highest BCUT2D eigenvalue weighted by molar-refractivity contribution is 5.85. The molecule has 2 aromatic carbocycles. The molecule has 5 heteroatoms. The van der Waals surface area contributed by atoms with Crippen molar-refractivity contribution in [1.29, 1.82) is 0 Å². The van der Waals surface area contributed by atoms with Crippen LogP contribution in [0.25, 0.3) is 0 Å². The summed E-state index contributed by atoms with van der Waals surface area (Å²) >= 11 is 0. The summed E-state index contributed by atoms with van der Waals surface area (Å²) in [5.41, 5.74) is 13.9. The number of benzene rings is 2. The van der Waals surface area contributed by atoms with E-state index in [1.54, 1.807) is 7.11 Å². The van der Waals surface area contributed by atoms with Gasteiger partial charge >= 0.3 is 0 Å². The Balaban J connectivity index is 0.00000264. The van der Waals surface area contributed by atoms with Crippen LogP contribution < -0.4 is 20.9 Å². The zero-order valence-corrected chi connectivity index (χ0v) is 14.2. The molecule has 0 bridgehead atoms. The Morgan fingerprint density at radius 2 is 1.78 bits per heavy atom. The molecule has 23 heavy (non-hydrogen) atoms. The van der Waals surface area contributed by atoms with Crippen molar-refractivity contribution in [3.8, 4) is 11.5 Å². The standard InChI is InChI=1S/C18H24N2O2.ClH/c1-21-18-12-15(16(20)8-5-11-19)9-10-17(18)22-13-14-6-3-2-4-7-14;/h2-4,6-7,9-10,12,16H,5,8,11,13,19-20H2,1H3;1H/t16-;/m0./s1. The molecule has 0 aromatic heterocycles. The van der Waals surface area contributed by atoms with Crippen molar-refractivity contribution in [3.63, 3.8) is 0 Å². The van der Waals surface area contributed by atoms with E-state index in [1.807, 2.05) is 48.5 Å². The van der Waals surface area contributed by atoms with E-state index in [4.69, 9.17) is 20.9 Å². The molecule has 0 saturated heterocycles. The summed E-state index contributed by atoms with van der Waals surface area (Å²) in [5.74, 6) is 1.43. The van der Waals surface area contributed by atoms with Crippen molar-refractivity contribution in [1.82, 2.24) is 0 Å². The average molecular weight is 337 g/mol. The number of hydrogen-bond donors (Lipinski definition) is 2. The summed E-state index contributed by atoms with van der Waals surface area (Å²) in [7, 11) is 1.64. The van der Waals surface area contributed by atoms with Crippen molar-refractivity contribution in [3.05, 3.63) is 59.7 Å². The molecular weight excluding hydrogens is 312 g/mol. The molecule has 0 amide bonds. The van der Waals surface area contributed by atoms with Gasteiger partial charge in [-0.25, -0.2) is 0 Å². The molecule has 4 N–H and O–H groups in total. The molecule has 4 nitrogen and oxygen atoms in total. The second kappa shape index (κ2) is 10.1. The highest BCUT2D eigenvalue weighted by Gasteiger charge is 2.11. The van der Waals surface area contributed by atoms with Crippen molar-refractivity contribution >= 4 is 12.4 Å². The summed E-state index contributed by atoms with van der Waals surface area (Å²) in [6.45, 7) is 1.17. The first-order chi connectivity index (χ1) is 10.7. The van der Waals surface area contributed by atoms with Crippen LogP contribution in [0, 0.1) is 0 Å². The van der Waals surface area contributed by atoms with Gasteiger partial charge in [0, 0.05) is 6.04 Å². The highest BCUT2D eigenvalue weighted by Crippen LogP contribution is 2.31. The first kappa shape index (κ1) is 19.3. The maximum absolute atomic E-state index is 6.17. The molecule has 0 saturated carbocycles. The number of hydrogen-bond acceptors (Lipinski definition) is 4. The maximum atomic E-state index is 6.17. The van der Waals surface area contributed by atoms with E-state index in [9.17, 15) is 0 Å². The Hall–Kier alpha value is -1.75. The lowest BCUT2D eigenvalue weighted by Crippen LogP contribution is -2.12. The molecule has 2 rings (SSSR count). The molecule has 0 heterocycles. The minimum Gasteiger partial charge on any atom is -0.493 e. The van der Waals surface area contributed by atoms with Gasteiger partial charge in [0.1, 0.15) is 6.61 Å². The van der Waals surface area contributed by atoms with E-state index in [-0.39, 0.29) is 18.4 Å². The van der Waals surface area contributed by atoms with Crippen LogP contribution in [0.4, 0.5) is 0 Å². The SMILES string of the molecule is COc1cc([C@@H](N)CCCN)ccc1OCc1ccccc1.Cl. The van der Waals surface area contributed by atoms with Gasteiger partial charge in [0.25, 0.3) is 0 Å². The molecule has 2 aromatic rings. The van der Waals surface area contributed by atoms with Crippen LogP contribution in [0.5, 0.6) is 11.5 Å². The van der Waals surface area contributed by atoms with Crippen molar-refractivity contribution in [2.24, 2.45) is 11.5 Å². The average Bonchev–Trinajstić information content (AvgIpc) is 2.58. The lowest BCUT2D eigenvalue weighted by Gasteiger charge is -2.16. The van der Waals surface area contributed by atoms with E-state index in [0.717, 1.165) is 29.7 Å². The van der Waals surface area contributed by atoms with Crippen molar-refractivity contribution in [2.45, 2.75) is 25.5 Å². The van der Waals surface area contributed by atoms with Gasteiger partial charge in [-0.1, -0.05) is 36.4 Å². The monoisotopic (exact) mass is 336 g/mol. The largest absolute Gasteiger partial charge is 0.493 e. The zero-order chi connectivity index (χ0) is 15.8. The lowest BCUT2D eigenvalue weighted by molar-refractivity contribution is 0.284. The number of nitrogens with two attached hydrogens (primary N) is 2. The summed E-state index contributed by atoms with van der Waals surface area (Å²) in [4.78, 5) is 0. The predicted octanol–water partition coefficient (Wildman–Crippen LogP) is 3.43. The van der Waals surface area contributed by atoms with E-state index < -0.39 is 0 Å². The molecular formula is C18H25ClN2O2. The number of halogens is 1. The van der Waals surface area contributed by atoms with Gasteiger partial charge in [0.15, 0.2) is 11.5 Å². The van der Waals surface area contributed by atoms with Gasteiger partial charge in [0.2, 0.25) is 0 Å². The third-order valence-corrected chi connectivity index (χ3v) is 3.57. The minimum atomic E-state index is -0.0272. The van der Waals surface area contributed by atoms with Gasteiger partial charge in [-0.3, -0.25) is 0 Å². The Bertz CT molecular complexity index is 578.